The molecule has 27 heavy (non-hydrogen) atoms. The molecule has 20 heteroatoms. The van der Waals surface area contributed by atoms with Gasteiger partial charge in [0.2, 0.25) is 0 Å². The first-order valence-corrected chi connectivity index (χ1v) is 8.70. The van der Waals surface area contributed by atoms with Gasteiger partial charge in [-0.05, 0) is 0 Å². The van der Waals surface area contributed by atoms with Crippen LogP contribution in [-0.2, 0) is 22.7 Å². The Labute approximate surface area is 142 Å². The van der Waals surface area contributed by atoms with Gasteiger partial charge in [-0.15, -0.1) is 0 Å². The average Bonchev–Trinajstić information content (AvgIpc) is 2.40. The van der Waals surface area contributed by atoms with Crippen molar-refractivity contribution < 1.29 is 81.3 Å². The number of halogens is 10. The topological polar surface area (TPSA) is 123 Å². The second-order valence-electron chi connectivity index (χ2n) is 4.07. The molecule has 0 aromatic heterocycles. The molecule has 0 atom stereocenters. The molecule has 0 fully saturated rings. The molecule has 166 valence electrons. The molecular formula is C7H10F10O8P2. The Hall–Kier alpha value is -0.480. The molecule has 0 radical (unpaired) electrons. The van der Waals surface area contributed by atoms with Crippen molar-refractivity contribution in [3.8, 4) is 0 Å². The molecule has 0 amide bonds. The van der Waals surface area contributed by atoms with Crippen LogP contribution in [-0.4, -0.2) is 59.2 Å². The Morgan fingerprint density at radius 1 is 0.704 bits per heavy atom. The summed E-state index contributed by atoms with van der Waals surface area (Å²) in [5, 5.41) is 0. The number of rotatable bonds is 8. The molecule has 0 rings (SSSR count). The first kappa shape index (κ1) is 28.7. The molecule has 0 aliphatic rings. The molecule has 3 N–H and O–H groups in total. The summed E-state index contributed by atoms with van der Waals surface area (Å²) in [5.41, 5.74) is 0. The summed E-state index contributed by atoms with van der Waals surface area (Å²) in [6.45, 7) is -6.34. The van der Waals surface area contributed by atoms with E-state index in [1.165, 1.54) is 0 Å². The van der Waals surface area contributed by atoms with Crippen LogP contribution in [0.15, 0.2) is 0 Å². The minimum atomic E-state index is -5.33. The normalized spacial score (nSPS) is 14.1. The lowest BCUT2D eigenvalue weighted by atomic mass is 10.4. The average molecular weight is 474 g/mol. The molecule has 0 aromatic carbocycles. The van der Waals surface area contributed by atoms with Crippen molar-refractivity contribution in [2.24, 2.45) is 0 Å². The molecule has 0 saturated heterocycles. The van der Waals surface area contributed by atoms with E-state index in [-0.39, 0.29) is 0 Å². The Kier molecular flexibility index (Phi) is 11.0. The smallest absolute Gasteiger partial charge is 0.303 e. The van der Waals surface area contributed by atoms with E-state index >= 15 is 0 Å². The summed E-state index contributed by atoms with van der Waals surface area (Å²) in [5.74, 6) is -4.54. The maximum Gasteiger partial charge on any atom is 0.472 e. The zero-order valence-electron chi connectivity index (χ0n) is 12.3. The molecule has 0 unspecified atom stereocenters. The van der Waals surface area contributed by atoms with Crippen molar-refractivity contribution in [2.75, 3.05) is 19.8 Å². The summed E-state index contributed by atoms with van der Waals surface area (Å²) in [6, 6.07) is 0. The molecule has 0 spiro atoms. The Morgan fingerprint density at radius 3 is 1.26 bits per heavy atom. The standard InChI is InChI=1S/C4H5F6O4P.C3H5F4O4P/c5-3(6,7)1-13-15(11,12)14-2-4(8,9)10;4-2(5)3(6,7)1-11-12(8,9)10/h1-2H2,(H,11,12);2H,1H2,(H2,8,9,10). The van der Waals surface area contributed by atoms with Crippen LogP contribution in [0.4, 0.5) is 43.9 Å². The van der Waals surface area contributed by atoms with E-state index in [0.717, 1.165) is 0 Å². The lowest BCUT2D eigenvalue weighted by Crippen LogP contribution is -2.31. The summed E-state index contributed by atoms with van der Waals surface area (Å²) in [6.07, 6.45) is -13.9. The minimum Gasteiger partial charge on any atom is -0.303 e. The molecule has 0 saturated carbocycles. The van der Waals surface area contributed by atoms with Crippen LogP contribution >= 0.6 is 15.6 Å². The van der Waals surface area contributed by atoms with Gasteiger partial charge in [-0.1, -0.05) is 0 Å². The van der Waals surface area contributed by atoms with Crippen molar-refractivity contribution in [2.45, 2.75) is 24.7 Å². The number of alkyl halides is 10. The van der Waals surface area contributed by atoms with E-state index in [9.17, 15) is 53.0 Å². The van der Waals surface area contributed by atoms with Crippen molar-refractivity contribution in [3.63, 3.8) is 0 Å². The number of hydrogen-bond donors (Lipinski definition) is 3. The third-order valence-electron chi connectivity index (χ3n) is 1.53. The van der Waals surface area contributed by atoms with E-state index in [4.69, 9.17) is 14.7 Å². The summed E-state index contributed by atoms with van der Waals surface area (Å²) in [4.78, 5) is 24.1. The highest BCUT2D eigenvalue weighted by Gasteiger charge is 2.43. The predicted molar refractivity (Wildman–Crippen MR) is 62.8 cm³/mol. The fourth-order valence-corrected chi connectivity index (χ4v) is 1.61. The number of hydrogen-bond acceptors (Lipinski definition) is 5. The molecule has 0 aliphatic heterocycles. The monoisotopic (exact) mass is 474 g/mol. The van der Waals surface area contributed by atoms with Crippen molar-refractivity contribution in [1.29, 1.82) is 0 Å². The third kappa shape index (κ3) is 20.1. The highest BCUT2D eigenvalue weighted by molar-refractivity contribution is 7.47. The minimum absolute atomic E-state index is 2.01. The van der Waals surface area contributed by atoms with Crippen LogP contribution in [0, 0.1) is 0 Å². The van der Waals surface area contributed by atoms with Gasteiger partial charge in [0.15, 0.2) is 13.2 Å². The maximum atomic E-state index is 11.9. The van der Waals surface area contributed by atoms with Gasteiger partial charge < -0.3 is 14.7 Å². The molecule has 0 aliphatic carbocycles. The summed E-state index contributed by atoms with van der Waals surface area (Å²) < 4.78 is 145. The van der Waals surface area contributed by atoms with Gasteiger partial charge in [-0.25, -0.2) is 17.9 Å². The fraction of sp³-hybridized carbons (Fsp3) is 1.00. The van der Waals surface area contributed by atoms with Gasteiger partial charge in [0, 0.05) is 0 Å². The van der Waals surface area contributed by atoms with E-state index in [1.807, 2.05) is 0 Å². The maximum absolute atomic E-state index is 11.9. The molecular weight excluding hydrogens is 464 g/mol. The van der Waals surface area contributed by atoms with Gasteiger partial charge in [0.25, 0.3) is 0 Å². The van der Waals surface area contributed by atoms with E-state index < -0.39 is 60.2 Å². The number of phosphoric ester groups is 2. The zero-order valence-corrected chi connectivity index (χ0v) is 14.0. The third-order valence-corrected chi connectivity index (χ3v) is 2.90. The van der Waals surface area contributed by atoms with Gasteiger partial charge in [0.05, 0.1) is 0 Å². The largest absolute Gasteiger partial charge is 0.472 e. The highest BCUT2D eigenvalue weighted by atomic mass is 31.2. The van der Waals surface area contributed by atoms with Gasteiger partial charge in [0.1, 0.15) is 6.61 Å². The van der Waals surface area contributed by atoms with E-state index in [2.05, 4.69) is 13.6 Å². The van der Waals surface area contributed by atoms with E-state index in [1.54, 1.807) is 0 Å². The van der Waals surface area contributed by atoms with E-state index in [0.29, 0.717) is 0 Å². The Balaban J connectivity index is 0. The van der Waals surface area contributed by atoms with Crippen LogP contribution < -0.4 is 0 Å². The Bertz CT molecular complexity index is 507. The SMILES string of the molecule is O=P(O)(O)OCC(F)(F)C(F)F.O=P(O)(OCC(F)(F)F)OCC(F)(F)F. The first-order valence-electron chi connectivity index (χ1n) is 5.68. The van der Waals surface area contributed by atoms with Crippen molar-refractivity contribution in [3.05, 3.63) is 0 Å². The van der Waals surface area contributed by atoms with Gasteiger partial charge in [-0.2, -0.15) is 35.1 Å². The van der Waals surface area contributed by atoms with Crippen molar-refractivity contribution in [1.82, 2.24) is 0 Å². The van der Waals surface area contributed by atoms with Gasteiger partial charge >= 0.3 is 40.3 Å². The summed E-state index contributed by atoms with van der Waals surface area (Å²) >= 11 is 0. The van der Waals surface area contributed by atoms with Crippen LogP contribution in [0.25, 0.3) is 0 Å². The molecule has 0 bridgehead atoms. The first-order chi connectivity index (χ1) is 11.6. The molecule has 8 nitrogen and oxygen atoms in total. The molecule has 0 heterocycles. The van der Waals surface area contributed by atoms with Crippen LogP contribution in [0.2, 0.25) is 0 Å². The lowest BCUT2D eigenvalue weighted by molar-refractivity contribution is -0.169. The number of phosphoric acid groups is 2. The predicted octanol–water partition coefficient (Wildman–Crippen LogP) is 3.24. The fourth-order valence-electron chi connectivity index (χ4n) is 0.580. The second-order valence-corrected chi connectivity index (χ2v) is 6.76. The lowest BCUT2D eigenvalue weighted by Gasteiger charge is -2.14. The van der Waals surface area contributed by atoms with Crippen LogP contribution in [0.5, 0.6) is 0 Å². The summed E-state index contributed by atoms with van der Waals surface area (Å²) in [7, 11) is -10.4. The Morgan fingerprint density at radius 2 is 1.04 bits per heavy atom. The van der Waals surface area contributed by atoms with Crippen LogP contribution in [0.3, 0.4) is 0 Å². The van der Waals surface area contributed by atoms with Crippen LogP contribution in [0.1, 0.15) is 0 Å². The van der Waals surface area contributed by atoms with Crippen molar-refractivity contribution >= 4 is 15.6 Å². The molecule has 0 aromatic rings. The van der Waals surface area contributed by atoms with Gasteiger partial charge in [-0.3, -0.25) is 13.6 Å². The second kappa shape index (κ2) is 10.3. The zero-order chi connectivity index (χ0) is 22.3. The quantitative estimate of drug-likeness (QED) is 0.362. The highest BCUT2D eigenvalue weighted by Crippen LogP contribution is 2.45.